The zero-order valence-electron chi connectivity index (χ0n) is 12.6. The summed E-state index contributed by atoms with van der Waals surface area (Å²) in [6.07, 6.45) is 1.46. The highest BCUT2D eigenvalue weighted by molar-refractivity contribution is 7.21. The van der Waals surface area contributed by atoms with Gasteiger partial charge in [0, 0.05) is 10.1 Å². The smallest absolute Gasteiger partial charge is 0.283 e. The summed E-state index contributed by atoms with van der Waals surface area (Å²) in [5.74, 6) is -0.00300. The number of aromatic hydroxyl groups is 1. The summed E-state index contributed by atoms with van der Waals surface area (Å²) in [5.41, 5.74) is 3.13. The molecule has 2 aromatic carbocycles. The van der Waals surface area contributed by atoms with Crippen molar-refractivity contribution in [2.45, 2.75) is 0 Å². The van der Waals surface area contributed by atoms with Gasteiger partial charge in [-0.25, -0.2) is 5.43 Å². The Morgan fingerprint density at radius 3 is 2.88 bits per heavy atom. The van der Waals surface area contributed by atoms with Crippen LogP contribution < -0.4 is 10.2 Å². The van der Waals surface area contributed by atoms with Crippen LogP contribution in [0.2, 0.25) is 5.02 Å². The molecular formula is C17H13ClN2O3S. The number of methoxy groups -OCH3 is 1. The normalized spacial score (nSPS) is 11.1. The Morgan fingerprint density at radius 1 is 1.33 bits per heavy atom. The lowest BCUT2D eigenvalue weighted by Crippen LogP contribution is -2.16. The number of hydrazone groups is 1. The first kappa shape index (κ1) is 16.3. The molecule has 0 aliphatic rings. The molecule has 1 heterocycles. The molecule has 0 spiro atoms. The van der Waals surface area contributed by atoms with Gasteiger partial charge < -0.3 is 9.84 Å². The summed E-state index contributed by atoms with van der Waals surface area (Å²) in [6, 6.07) is 12.3. The lowest BCUT2D eigenvalue weighted by atomic mass is 10.2. The van der Waals surface area contributed by atoms with E-state index < -0.39 is 0 Å². The maximum Gasteiger partial charge on any atom is 0.283 e. The monoisotopic (exact) mass is 360 g/mol. The third-order valence-corrected chi connectivity index (χ3v) is 5.00. The zero-order chi connectivity index (χ0) is 17.1. The number of carbonyl (C=O) groups is 1. The lowest BCUT2D eigenvalue weighted by molar-refractivity contribution is 0.0959. The first-order chi connectivity index (χ1) is 11.6. The molecule has 3 rings (SSSR count). The van der Waals surface area contributed by atoms with Gasteiger partial charge in [-0.15, -0.1) is 11.3 Å². The van der Waals surface area contributed by atoms with Gasteiger partial charge >= 0.3 is 0 Å². The third kappa shape index (κ3) is 3.20. The number of hydrogen-bond donors (Lipinski definition) is 2. The molecule has 0 aliphatic heterocycles. The molecule has 0 unspecified atom stereocenters. The summed E-state index contributed by atoms with van der Waals surface area (Å²) in [6.45, 7) is 0. The van der Waals surface area contributed by atoms with E-state index in [1.807, 2.05) is 24.3 Å². The van der Waals surface area contributed by atoms with E-state index in [1.165, 1.54) is 30.7 Å². The van der Waals surface area contributed by atoms with Crippen LogP contribution >= 0.6 is 22.9 Å². The molecule has 0 aliphatic carbocycles. The van der Waals surface area contributed by atoms with Gasteiger partial charge in [0.1, 0.15) is 4.88 Å². The Balaban J connectivity index is 1.76. The summed E-state index contributed by atoms with van der Waals surface area (Å²) in [4.78, 5) is 12.7. The average Bonchev–Trinajstić information content (AvgIpc) is 2.93. The molecule has 0 radical (unpaired) electrons. The van der Waals surface area contributed by atoms with Crippen molar-refractivity contribution in [3.05, 3.63) is 57.9 Å². The second kappa shape index (κ2) is 6.90. The quantitative estimate of drug-likeness (QED) is 0.545. The largest absolute Gasteiger partial charge is 0.504 e. The fraction of sp³-hybridized carbons (Fsp3) is 0.0588. The van der Waals surface area contributed by atoms with Crippen LogP contribution in [0.25, 0.3) is 10.1 Å². The molecule has 0 saturated heterocycles. The number of hydrogen-bond acceptors (Lipinski definition) is 5. The van der Waals surface area contributed by atoms with Crippen molar-refractivity contribution in [3.63, 3.8) is 0 Å². The van der Waals surface area contributed by atoms with E-state index in [9.17, 15) is 9.90 Å². The number of amides is 1. The van der Waals surface area contributed by atoms with Crippen LogP contribution in [0.4, 0.5) is 0 Å². The van der Waals surface area contributed by atoms with Crippen molar-refractivity contribution < 1.29 is 14.6 Å². The lowest BCUT2D eigenvalue weighted by Gasteiger charge is -2.03. The SMILES string of the molecule is COc1cc(/C=N\NC(=O)c2sc3ccccc3c2Cl)ccc1O. The fourth-order valence-corrected chi connectivity index (χ4v) is 3.56. The maximum atomic E-state index is 12.2. The van der Waals surface area contributed by atoms with Crippen LogP contribution in [-0.4, -0.2) is 24.3 Å². The number of benzene rings is 2. The predicted molar refractivity (Wildman–Crippen MR) is 96.6 cm³/mol. The number of halogens is 1. The van der Waals surface area contributed by atoms with E-state index >= 15 is 0 Å². The highest BCUT2D eigenvalue weighted by atomic mass is 35.5. The number of ether oxygens (including phenoxy) is 1. The zero-order valence-corrected chi connectivity index (χ0v) is 14.2. The summed E-state index contributed by atoms with van der Waals surface area (Å²) in [5, 5.41) is 14.7. The Kier molecular flexibility index (Phi) is 4.69. The third-order valence-electron chi connectivity index (χ3n) is 3.32. The Morgan fingerprint density at radius 2 is 2.12 bits per heavy atom. The topological polar surface area (TPSA) is 70.9 Å². The molecule has 7 heteroatoms. The molecule has 2 N–H and O–H groups in total. The average molecular weight is 361 g/mol. The summed E-state index contributed by atoms with van der Waals surface area (Å²) >= 11 is 7.57. The van der Waals surface area contributed by atoms with Gasteiger partial charge in [0.2, 0.25) is 0 Å². The Bertz CT molecular complexity index is 937. The number of phenolic OH excluding ortho intramolecular Hbond substituents is 1. The first-order valence-electron chi connectivity index (χ1n) is 6.97. The molecule has 3 aromatic rings. The molecule has 5 nitrogen and oxygen atoms in total. The number of rotatable bonds is 4. The number of carbonyl (C=O) groups excluding carboxylic acids is 1. The van der Waals surface area contributed by atoms with Crippen LogP contribution in [0, 0.1) is 0 Å². The van der Waals surface area contributed by atoms with Gasteiger partial charge in [-0.05, 0) is 29.8 Å². The summed E-state index contributed by atoms with van der Waals surface area (Å²) < 4.78 is 5.96. The van der Waals surface area contributed by atoms with E-state index in [0.29, 0.717) is 21.2 Å². The number of nitrogens with one attached hydrogen (secondary N) is 1. The number of fused-ring (bicyclic) bond motifs is 1. The molecule has 0 saturated carbocycles. The van der Waals surface area contributed by atoms with Crippen LogP contribution in [-0.2, 0) is 0 Å². The first-order valence-corrected chi connectivity index (χ1v) is 8.17. The summed E-state index contributed by atoms with van der Waals surface area (Å²) in [7, 11) is 1.46. The standard InChI is InChI=1S/C17H13ClN2O3S/c1-23-13-8-10(6-7-12(13)21)9-19-20-17(22)16-15(18)11-4-2-3-5-14(11)24-16/h2-9,21H,1H3,(H,20,22)/b19-9-. The molecule has 0 atom stereocenters. The fourth-order valence-electron chi connectivity index (χ4n) is 2.15. The van der Waals surface area contributed by atoms with Gasteiger partial charge in [-0.3, -0.25) is 4.79 Å². The number of phenols is 1. The van der Waals surface area contributed by atoms with Crippen LogP contribution in [0.5, 0.6) is 11.5 Å². The van der Waals surface area contributed by atoms with Crippen molar-refractivity contribution in [2.75, 3.05) is 7.11 Å². The Labute approximate surface area is 147 Å². The van der Waals surface area contributed by atoms with Gasteiger partial charge in [0.15, 0.2) is 11.5 Å². The second-order valence-corrected chi connectivity index (χ2v) is 6.30. The molecular weight excluding hydrogens is 348 g/mol. The predicted octanol–water partition coefficient (Wildman–Crippen LogP) is 4.03. The van der Waals surface area contributed by atoms with Gasteiger partial charge in [-0.1, -0.05) is 29.8 Å². The minimum Gasteiger partial charge on any atom is -0.504 e. The van der Waals surface area contributed by atoms with Crippen molar-refractivity contribution >= 4 is 45.1 Å². The van der Waals surface area contributed by atoms with Crippen LogP contribution in [0.1, 0.15) is 15.2 Å². The molecule has 0 fully saturated rings. The van der Waals surface area contributed by atoms with Crippen molar-refractivity contribution in [3.8, 4) is 11.5 Å². The second-order valence-electron chi connectivity index (χ2n) is 4.87. The van der Waals surface area contributed by atoms with Crippen LogP contribution in [0.3, 0.4) is 0 Å². The molecule has 1 aromatic heterocycles. The Hall–Kier alpha value is -2.57. The van der Waals surface area contributed by atoms with Gasteiger partial charge in [0.05, 0.1) is 18.3 Å². The van der Waals surface area contributed by atoms with Crippen molar-refractivity contribution in [2.24, 2.45) is 5.10 Å². The van der Waals surface area contributed by atoms with Gasteiger partial charge in [0.25, 0.3) is 5.91 Å². The molecule has 24 heavy (non-hydrogen) atoms. The molecule has 0 bridgehead atoms. The molecule has 122 valence electrons. The maximum absolute atomic E-state index is 12.2. The van der Waals surface area contributed by atoms with E-state index in [4.69, 9.17) is 16.3 Å². The molecule has 1 amide bonds. The van der Waals surface area contributed by atoms with Crippen molar-refractivity contribution in [1.29, 1.82) is 0 Å². The van der Waals surface area contributed by atoms with E-state index in [1.54, 1.807) is 12.1 Å². The highest BCUT2D eigenvalue weighted by Crippen LogP contribution is 2.34. The number of thiophene rings is 1. The highest BCUT2D eigenvalue weighted by Gasteiger charge is 2.16. The van der Waals surface area contributed by atoms with E-state index in [-0.39, 0.29) is 11.7 Å². The van der Waals surface area contributed by atoms with E-state index in [0.717, 1.165) is 10.1 Å². The minimum atomic E-state index is -0.372. The minimum absolute atomic E-state index is 0.0377. The van der Waals surface area contributed by atoms with Gasteiger partial charge in [-0.2, -0.15) is 5.10 Å². The van der Waals surface area contributed by atoms with E-state index in [2.05, 4.69) is 10.5 Å². The number of nitrogens with zero attached hydrogens (tertiary/aromatic N) is 1. The van der Waals surface area contributed by atoms with Crippen molar-refractivity contribution in [1.82, 2.24) is 5.43 Å². The van der Waals surface area contributed by atoms with Crippen LogP contribution in [0.15, 0.2) is 47.6 Å².